The van der Waals surface area contributed by atoms with E-state index in [9.17, 15) is 9.90 Å². The number of nitrogens with zero attached hydrogens (tertiary/aromatic N) is 2. The lowest BCUT2D eigenvalue weighted by Gasteiger charge is -2.14. The number of fused-ring (bicyclic) bond motifs is 2. The number of aromatic nitrogens is 2. The summed E-state index contributed by atoms with van der Waals surface area (Å²) in [4.78, 5) is 21.6. The van der Waals surface area contributed by atoms with Gasteiger partial charge in [-0.3, -0.25) is 14.8 Å². The zero-order valence-electron chi connectivity index (χ0n) is 14.2. The summed E-state index contributed by atoms with van der Waals surface area (Å²) in [6.07, 6.45) is 3.64. The Balaban J connectivity index is 1.61. The van der Waals surface area contributed by atoms with E-state index in [-0.39, 0.29) is 18.8 Å². The first-order valence-electron chi connectivity index (χ1n) is 8.56. The molecule has 2 aromatic carbocycles. The van der Waals surface area contributed by atoms with Gasteiger partial charge in [-0.1, -0.05) is 36.4 Å². The van der Waals surface area contributed by atoms with E-state index in [0.29, 0.717) is 0 Å². The highest BCUT2D eigenvalue weighted by Gasteiger charge is 2.21. The molecule has 0 spiro atoms. The molecule has 1 atom stereocenters. The van der Waals surface area contributed by atoms with Gasteiger partial charge in [0.2, 0.25) is 0 Å². The summed E-state index contributed by atoms with van der Waals surface area (Å²) >= 11 is 0. The molecule has 1 N–H and O–H groups in total. The third-order valence-electron chi connectivity index (χ3n) is 4.61. The molecule has 4 nitrogen and oxygen atoms in total. The van der Waals surface area contributed by atoms with E-state index in [0.717, 1.165) is 32.9 Å². The number of rotatable bonds is 5. The third kappa shape index (κ3) is 3.19. The van der Waals surface area contributed by atoms with Crippen LogP contribution in [-0.4, -0.2) is 27.5 Å². The average molecular weight is 342 g/mol. The van der Waals surface area contributed by atoms with Crippen LogP contribution in [0.4, 0.5) is 0 Å². The first-order chi connectivity index (χ1) is 12.7. The van der Waals surface area contributed by atoms with Crippen LogP contribution in [0.3, 0.4) is 0 Å². The Morgan fingerprint density at radius 3 is 2.19 bits per heavy atom. The number of aliphatic hydroxyl groups excluding tert-OH is 1. The largest absolute Gasteiger partial charge is 0.395 e. The quantitative estimate of drug-likeness (QED) is 0.601. The molecule has 1 unspecified atom stereocenters. The summed E-state index contributed by atoms with van der Waals surface area (Å²) < 4.78 is 0. The second kappa shape index (κ2) is 7.02. The molecule has 4 rings (SSSR count). The molecular formula is C22H18N2O2. The number of hydrogen-bond acceptors (Lipinski definition) is 4. The number of carbonyl (C=O) groups excluding carboxylic acids is 1. The van der Waals surface area contributed by atoms with Gasteiger partial charge in [-0.25, -0.2) is 0 Å². The number of aliphatic hydroxyl groups is 1. The Kier molecular flexibility index (Phi) is 4.42. The van der Waals surface area contributed by atoms with Crippen molar-refractivity contribution in [2.45, 2.75) is 12.3 Å². The highest BCUT2D eigenvalue weighted by molar-refractivity contribution is 5.90. The predicted octanol–water partition coefficient (Wildman–Crippen LogP) is 3.67. The molecule has 26 heavy (non-hydrogen) atoms. The smallest absolute Gasteiger partial charge is 0.147 e. The van der Waals surface area contributed by atoms with Crippen LogP contribution < -0.4 is 0 Å². The molecule has 0 aliphatic carbocycles. The second-order valence-electron chi connectivity index (χ2n) is 6.38. The molecule has 0 saturated heterocycles. The van der Waals surface area contributed by atoms with Crippen LogP contribution in [0.1, 0.15) is 17.0 Å². The summed E-state index contributed by atoms with van der Waals surface area (Å²) in [5.41, 5.74) is 3.37. The van der Waals surface area contributed by atoms with E-state index < -0.39 is 5.92 Å². The SMILES string of the molecule is O=C(Cc1cnc2ccccc2c1)C(CO)c1cnc2ccccc2c1. The fourth-order valence-electron chi connectivity index (χ4n) is 3.21. The second-order valence-corrected chi connectivity index (χ2v) is 6.38. The number of carbonyl (C=O) groups is 1. The molecular weight excluding hydrogens is 324 g/mol. The molecule has 128 valence electrons. The molecule has 0 amide bonds. The Labute approximate surface area is 151 Å². The van der Waals surface area contributed by atoms with Crippen molar-refractivity contribution in [3.05, 3.63) is 84.2 Å². The van der Waals surface area contributed by atoms with Crippen molar-refractivity contribution >= 4 is 27.6 Å². The first kappa shape index (κ1) is 16.4. The van der Waals surface area contributed by atoms with E-state index in [1.165, 1.54) is 0 Å². The Morgan fingerprint density at radius 2 is 1.50 bits per heavy atom. The number of benzene rings is 2. The Bertz CT molecular complexity index is 1090. The number of pyridine rings is 2. The Hall–Kier alpha value is -3.11. The third-order valence-corrected chi connectivity index (χ3v) is 4.61. The molecule has 0 aliphatic heterocycles. The molecule has 0 aliphatic rings. The topological polar surface area (TPSA) is 63.1 Å². The minimum absolute atomic E-state index is 0.0401. The number of hydrogen-bond donors (Lipinski definition) is 1. The van der Waals surface area contributed by atoms with Crippen LogP contribution in [0.15, 0.2) is 73.1 Å². The fraction of sp³-hybridized carbons (Fsp3) is 0.136. The zero-order valence-corrected chi connectivity index (χ0v) is 14.2. The van der Waals surface area contributed by atoms with Crippen molar-refractivity contribution in [3.63, 3.8) is 0 Å². The Morgan fingerprint density at radius 1 is 0.885 bits per heavy atom. The molecule has 0 radical (unpaired) electrons. The van der Waals surface area contributed by atoms with Gasteiger partial charge in [0.15, 0.2) is 0 Å². The van der Waals surface area contributed by atoms with Crippen LogP contribution in [0, 0.1) is 0 Å². The number of para-hydroxylation sites is 2. The van der Waals surface area contributed by atoms with Crippen molar-refractivity contribution in [1.82, 2.24) is 9.97 Å². The van der Waals surface area contributed by atoms with E-state index in [4.69, 9.17) is 0 Å². The minimum Gasteiger partial charge on any atom is -0.395 e. The maximum atomic E-state index is 12.8. The highest BCUT2D eigenvalue weighted by Crippen LogP contribution is 2.22. The standard InChI is InChI=1S/C22H18N2O2/c25-14-19(18-11-17-6-2-4-8-21(17)24-13-18)22(26)10-15-9-16-5-1-3-7-20(16)23-12-15/h1-9,11-13,19,25H,10,14H2. The van der Waals surface area contributed by atoms with E-state index in [1.54, 1.807) is 12.4 Å². The van der Waals surface area contributed by atoms with Crippen LogP contribution in [0.5, 0.6) is 0 Å². The summed E-state index contributed by atoms with van der Waals surface area (Å²) in [6, 6.07) is 19.5. The normalized spacial score (nSPS) is 12.3. The molecule has 4 heteroatoms. The van der Waals surface area contributed by atoms with Gasteiger partial charge in [0.1, 0.15) is 5.78 Å². The van der Waals surface area contributed by atoms with E-state index in [2.05, 4.69) is 9.97 Å². The van der Waals surface area contributed by atoms with Crippen molar-refractivity contribution in [3.8, 4) is 0 Å². The monoisotopic (exact) mass is 342 g/mol. The van der Waals surface area contributed by atoms with Crippen LogP contribution in [-0.2, 0) is 11.2 Å². The number of ketones is 1. The molecule has 4 aromatic rings. The van der Waals surface area contributed by atoms with Crippen molar-refractivity contribution in [2.24, 2.45) is 0 Å². The van der Waals surface area contributed by atoms with Gasteiger partial charge >= 0.3 is 0 Å². The lowest BCUT2D eigenvalue weighted by molar-refractivity contribution is -0.120. The van der Waals surface area contributed by atoms with Gasteiger partial charge < -0.3 is 5.11 Å². The summed E-state index contributed by atoms with van der Waals surface area (Å²) in [6.45, 7) is -0.236. The highest BCUT2D eigenvalue weighted by atomic mass is 16.3. The van der Waals surface area contributed by atoms with Gasteiger partial charge in [0.25, 0.3) is 0 Å². The molecule has 0 bridgehead atoms. The van der Waals surface area contributed by atoms with E-state index >= 15 is 0 Å². The lowest BCUT2D eigenvalue weighted by atomic mass is 9.92. The van der Waals surface area contributed by atoms with Crippen LogP contribution >= 0.6 is 0 Å². The summed E-state index contributed by atoms with van der Waals surface area (Å²) in [5, 5.41) is 11.8. The van der Waals surface area contributed by atoms with Gasteiger partial charge in [-0.05, 0) is 35.4 Å². The van der Waals surface area contributed by atoms with Crippen molar-refractivity contribution in [2.75, 3.05) is 6.61 Å². The average Bonchev–Trinajstić information content (AvgIpc) is 2.68. The first-order valence-corrected chi connectivity index (χ1v) is 8.56. The van der Waals surface area contributed by atoms with Crippen molar-refractivity contribution in [1.29, 1.82) is 0 Å². The minimum atomic E-state index is -0.585. The zero-order chi connectivity index (χ0) is 17.9. The fourth-order valence-corrected chi connectivity index (χ4v) is 3.21. The summed E-state index contributed by atoms with van der Waals surface area (Å²) in [7, 11) is 0. The van der Waals surface area contributed by atoms with Crippen LogP contribution in [0.25, 0.3) is 21.8 Å². The molecule has 0 saturated carbocycles. The lowest BCUT2D eigenvalue weighted by Crippen LogP contribution is -2.19. The molecule has 0 fully saturated rings. The predicted molar refractivity (Wildman–Crippen MR) is 102 cm³/mol. The van der Waals surface area contributed by atoms with Crippen molar-refractivity contribution < 1.29 is 9.90 Å². The summed E-state index contributed by atoms with van der Waals surface area (Å²) in [5.74, 6) is -0.625. The molecule has 2 aromatic heterocycles. The van der Waals surface area contributed by atoms with Gasteiger partial charge in [0.05, 0.1) is 23.6 Å². The van der Waals surface area contributed by atoms with Gasteiger partial charge in [0, 0.05) is 29.6 Å². The van der Waals surface area contributed by atoms with E-state index in [1.807, 2.05) is 60.7 Å². The van der Waals surface area contributed by atoms with Gasteiger partial charge in [-0.15, -0.1) is 0 Å². The van der Waals surface area contributed by atoms with Crippen LogP contribution in [0.2, 0.25) is 0 Å². The molecule has 2 heterocycles. The van der Waals surface area contributed by atoms with Gasteiger partial charge in [-0.2, -0.15) is 0 Å². The number of Topliss-reactive ketones (excluding diaryl/α,β-unsaturated/α-hetero) is 1. The maximum Gasteiger partial charge on any atom is 0.147 e. The maximum absolute atomic E-state index is 12.8.